The predicted molar refractivity (Wildman–Crippen MR) is 55.0 cm³/mol. The maximum absolute atomic E-state index is 5.66. The van der Waals surface area contributed by atoms with Gasteiger partial charge in [-0.1, -0.05) is 36.4 Å². The van der Waals surface area contributed by atoms with Crippen LogP contribution in [0.5, 0.6) is 0 Å². The fourth-order valence-corrected chi connectivity index (χ4v) is 1.34. The van der Waals surface area contributed by atoms with Crippen LogP contribution in [0.2, 0.25) is 0 Å². The van der Waals surface area contributed by atoms with Crippen molar-refractivity contribution >= 4 is 0 Å². The molecular weight excluding hydrogens is 176 g/mol. The van der Waals surface area contributed by atoms with Gasteiger partial charge in [0.05, 0.1) is 13.2 Å². The van der Waals surface area contributed by atoms with E-state index in [0.29, 0.717) is 6.61 Å². The maximum atomic E-state index is 5.66. The van der Waals surface area contributed by atoms with E-state index >= 15 is 0 Å². The zero-order valence-corrected chi connectivity index (χ0v) is 8.06. The Hall–Kier alpha value is -1.12. The minimum atomic E-state index is 0.0372. The summed E-state index contributed by atoms with van der Waals surface area (Å²) in [5, 5.41) is 0. The predicted octanol–water partition coefficient (Wildman–Crippen LogP) is 2.16. The summed E-state index contributed by atoms with van der Waals surface area (Å²) in [6, 6.07) is 10.1. The number of hydrogen-bond acceptors (Lipinski definition) is 2. The molecule has 0 spiro atoms. The standard InChI is InChI=1S/C12H14O2/c1-2-11(12-9-14-12)13-8-10-6-4-3-5-7-10/h2-7,11-12H,1,8-9H2/t11-,12?/m1/s1. The van der Waals surface area contributed by atoms with Gasteiger partial charge in [0.15, 0.2) is 0 Å². The third-order valence-electron chi connectivity index (χ3n) is 2.24. The molecule has 1 saturated heterocycles. The lowest BCUT2D eigenvalue weighted by Crippen LogP contribution is -2.16. The van der Waals surface area contributed by atoms with Crippen molar-refractivity contribution in [3.8, 4) is 0 Å². The summed E-state index contributed by atoms with van der Waals surface area (Å²) in [7, 11) is 0. The Morgan fingerprint density at radius 1 is 1.50 bits per heavy atom. The topological polar surface area (TPSA) is 21.8 Å². The quantitative estimate of drug-likeness (QED) is 0.524. The van der Waals surface area contributed by atoms with Crippen LogP contribution in [0.1, 0.15) is 5.56 Å². The highest BCUT2D eigenvalue weighted by Crippen LogP contribution is 2.18. The van der Waals surface area contributed by atoms with Crippen molar-refractivity contribution in [2.45, 2.75) is 18.8 Å². The second-order valence-electron chi connectivity index (χ2n) is 3.37. The molecule has 74 valence electrons. The largest absolute Gasteiger partial charge is 0.370 e. The Morgan fingerprint density at radius 2 is 2.21 bits per heavy atom. The van der Waals surface area contributed by atoms with Gasteiger partial charge in [0.25, 0.3) is 0 Å². The highest BCUT2D eigenvalue weighted by molar-refractivity contribution is 5.13. The molecule has 0 radical (unpaired) electrons. The molecule has 0 saturated carbocycles. The summed E-state index contributed by atoms with van der Waals surface area (Å²) >= 11 is 0. The molecule has 1 unspecified atom stereocenters. The second-order valence-corrected chi connectivity index (χ2v) is 3.37. The average molecular weight is 190 g/mol. The van der Waals surface area contributed by atoms with Crippen LogP contribution in [0.4, 0.5) is 0 Å². The molecule has 0 N–H and O–H groups in total. The van der Waals surface area contributed by atoms with Crippen LogP contribution in [0, 0.1) is 0 Å². The Balaban J connectivity index is 1.83. The van der Waals surface area contributed by atoms with Gasteiger partial charge in [-0.25, -0.2) is 0 Å². The van der Waals surface area contributed by atoms with Crippen LogP contribution in [0.25, 0.3) is 0 Å². The average Bonchev–Trinajstić information content (AvgIpc) is 3.05. The zero-order chi connectivity index (χ0) is 9.80. The normalized spacial score (nSPS) is 21.6. The van der Waals surface area contributed by atoms with E-state index < -0.39 is 0 Å². The first-order valence-corrected chi connectivity index (χ1v) is 4.80. The van der Waals surface area contributed by atoms with Crippen LogP contribution >= 0.6 is 0 Å². The Kier molecular flexibility index (Phi) is 2.96. The van der Waals surface area contributed by atoms with E-state index in [1.54, 1.807) is 6.08 Å². The van der Waals surface area contributed by atoms with E-state index in [0.717, 1.165) is 6.61 Å². The van der Waals surface area contributed by atoms with Crippen LogP contribution in [0.3, 0.4) is 0 Å². The third-order valence-corrected chi connectivity index (χ3v) is 2.24. The molecule has 0 bridgehead atoms. The molecule has 2 heteroatoms. The summed E-state index contributed by atoms with van der Waals surface area (Å²) in [5.74, 6) is 0. The molecule has 1 heterocycles. The molecule has 0 aromatic heterocycles. The molecule has 1 aromatic rings. The van der Waals surface area contributed by atoms with Gasteiger partial charge in [-0.2, -0.15) is 0 Å². The molecular formula is C12H14O2. The highest BCUT2D eigenvalue weighted by Gasteiger charge is 2.31. The SMILES string of the molecule is C=C[C@@H](OCc1ccccc1)C1CO1. The van der Waals surface area contributed by atoms with Gasteiger partial charge < -0.3 is 9.47 Å². The molecule has 1 aromatic carbocycles. The first-order valence-electron chi connectivity index (χ1n) is 4.80. The van der Waals surface area contributed by atoms with Crippen molar-refractivity contribution in [1.29, 1.82) is 0 Å². The molecule has 14 heavy (non-hydrogen) atoms. The monoisotopic (exact) mass is 190 g/mol. The highest BCUT2D eigenvalue weighted by atomic mass is 16.6. The first-order chi connectivity index (χ1) is 6.90. The molecule has 0 amide bonds. The van der Waals surface area contributed by atoms with E-state index in [1.807, 2.05) is 30.3 Å². The van der Waals surface area contributed by atoms with Crippen LogP contribution < -0.4 is 0 Å². The lowest BCUT2D eigenvalue weighted by atomic mass is 10.2. The molecule has 1 fully saturated rings. The van der Waals surface area contributed by atoms with E-state index in [2.05, 4.69) is 6.58 Å². The van der Waals surface area contributed by atoms with Crippen molar-refractivity contribution in [2.24, 2.45) is 0 Å². The number of ether oxygens (including phenoxy) is 2. The molecule has 2 rings (SSSR count). The minimum Gasteiger partial charge on any atom is -0.370 e. The van der Waals surface area contributed by atoms with E-state index in [1.165, 1.54) is 5.56 Å². The second kappa shape index (κ2) is 4.40. The van der Waals surface area contributed by atoms with Gasteiger partial charge in [0.2, 0.25) is 0 Å². The van der Waals surface area contributed by atoms with Crippen molar-refractivity contribution < 1.29 is 9.47 Å². The van der Waals surface area contributed by atoms with Crippen LogP contribution in [-0.2, 0) is 16.1 Å². The fourth-order valence-electron chi connectivity index (χ4n) is 1.34. The lowest BCUT2D eigenvalue weighted by Gasteiger charge is -2.10. The summed E-state index contributed by atoms with van der Waals surface area (Å²) in [4.78, 5) is 0. The number of rotatable bonds is 5. The van der Waals surface area contributed by atoms with E-state index in [4.69, 9.17) is 9.47 Å². The van der Waals surface area contributed by atoms with Gasteiger partial charge in [-0.3, -0.25) is 0 Å². The molecule has 2 nitrogen and oxygen atoms in total. The van der Waals surface area contributed by atoms with Gasteiger partial charge in [0.1, 0.15) is 12.2 Å². The number of benzene rings is 1. The smallest absolute Gasteiger partial charge is 0.111 e. The molecule has 1 aliphatic rings. The molecule has 0 aliphatic carbocycles. The van der Waals surface area contributed by atoms with E-state index in [-0.39, 0.29) is 12.2 Å². The number of epoxide rings is 1. The van der Waals surface area contributed by atoms with Gasteiger partial charge in [-0.15, -0.1) is 6.58 Å². The van der Waals surface area contributed by atoms with Gasteiger partial charge >= 0.3 is 0 Å². The van der Waals surface area contributed by atoms with Crippen LogP contribution in [-0.4, -0.2) is 18.8 Å². The zero-order valence-electron chi connectivity index (χ0n) is 8.06. The Morgan fingerprint density at radius 3 is 2.79 bits per heavy atom. The van der Waals surface area contributed by atoms with Crippen molar-refractivity contribution in [3.05, 3.63) is 48.6 Å². The maximum Gasteiger partial charge on any atom is 0.111 e. The summed E-state index contributed by atoms with van der Waals surface area (Å²) < 4.78 is 10.8. The third kappa shape index (κ3) is 2.44. The van der Waals surface area contributed by atoms with E-state index in [9.17, 15) is 0 Å². The van der Waals surface area contributed by atoms with Gasteiger partial charge in [-0.05, 0) is 5.56 Å². The summed E-state index contributed by atoms with van der Waals surface area (Å²) in [5.41, 5.74) is 1.18. The summed E-state index contributed by atoms with van der Waals surface area (Å²) in [6.45, 7) is 5.15. The van der Waals surface area contributed by atoms with Crippen molar-refractivity contribution in [2.75, 3.05) is 6.61 Å². The van der Waals surface area contributed by atoms with Crippen molar-refractivity contribution in [3.63, 3.8) is 0 Å². The fraction of sp³-hybridized carbons (Fsp3) is 0.333. The molecule has 2 atom stereocenters. The van der Waals surface area contributed by atoms with Crippen LogP contribution in [0.15, 0.2) is 43.0 Å². The Bertz CT molecular complexity index is 290. The first kappa shape index (κ1) is 9.44. The number of hydrogen-bond donors (Lipinski definition) is 0. The molecule has 1 aliphatic heterocycles. The minimum absolute atomic E-state index is 0.0372. The lowest BCUT2D eigenvalue weighted by molar-refractivity contribution is 0.0528. The van der Waals surface area contributed by atoms with Gasteiger partial charge in [0, 0.05) is 0 Å². The van der Waals surface area contributed by atoms with Crippen molar-refractivity contribution in [1.82, 2.24) is 0 Å². The Labute approximate surface area is 84.2 Å². The summed E-state index contributed by atoms with van der Waals surface area (Å²) in [6.07, 6.45) is 2.08.